The smallest absolute Gasteiger partial charge is 0.331 e. The second kappa shape index (κ2) is 6.53. The molecule has 20 heavy (non-hydrogen) atoms. The predicted octanol–water partition coefficient (Wildman–Crippen LogP) is 3.46. The van der Waals surface area contributed by atoms with E-state index in [2.05, 4.69) is 26.6 Å². The lowest BCUT2D eigenvalue weighted by Crippen LogP contribution is -2.36. The first kappa shape index (κ1) is 14.5. The molecule has 1 atom stereocenters. The number of carbonyl (C=O) groups excluding carboxylic acids is 1. The van der Waals surface area contributed by atoms with Crippen LogP contribution in [0.3, 0.4) is 0 Å². The van der Waals surface area contributed by atoms with E-state index < -0.39 is 18.0 Å². The third kappa shape index (κ3) is 3.82. The molecule has 1 heterocycles. The lowest BCUT2D eigenvalue weighted by molar-refractivity contribution is -0.139. The van der Waals surface area contributed by atoms with Gasteiger partial charge in [-0.25, -0.2) is 9.59 Å². The van der Waals surface area contributed by atoms with Crippen LogP contribution in [0.2, 0.25) is 0 Å². The number of aliphatic carboxylic acids is 1. The van der Waals surface area contributed by atoms with E-state index in [4.69, 9.17) is 5.11 Å². The SMILES string of the molecule is O=C(Nc1cccc(Br)c1)NC(C(=O)O)c1cccs1. The molecule has 0 radical (unpaired) electrons. The third-order valence-corrected chi connectivity index (χ3v) is 3.86. The molecule has 104 valence electrons. The molecule has 3 N–H and O–H groups in total. The second-order valence-corrected chi connectivity index (χ2v) is 5.79. The zero-order valence-electron chi connectivity index (χ0n) is 10.2. The summed E-state index contributed by atoms with van der Waals surface area (Å²) in [6, 6.07) is 8.83. The van der Waals surface area contributed by atoms with Gasteiger partial charge in [-0.15, -0.1) is 11.3 Å². The van der Waals surface area contributed by atoms with Crippen molar-refractivity contribution in [1.29, 1.82) is 0 Å². The number of carboxylic acids is 1. The summed E-state index contributed by atoms with van der Waals surface area (Å²) in [5.41, 5.74) is 0.576. The number of carbonyl (C=O) groups is 2. The normalized spacial score (nSPS) is 11.7. The Morgan fingerprint density at radius 2 is 2.05 bits per heavy atom. The first-order valence-electron chi connectivity index (χ1n) is 5.65. The van der Waals surface area contributed by atoms with E-state index in [1.165, 1.54) is 11.3 Å². The number of amides is 2. The van der Waals surface area contributed by atoms with Gasteiger partial charge in [-0.1, -0.05) is 28.1 Å². The minimum absolute atomic E-state index is 0.566. The van der Waals surface area contributed by atoms with Crippen LogP contribution in [0.25, 0.3) is 0 Å². The zero-order chi connectivity index (χ0) is 14.5. The van der Waals surface area contributed by atoms with E-state index in [-0.39, 0.29) is 0 Å². The van der Waals surface area contributed by atoms with E-state index in [9.17, 15) is 9.59 Å². The standard InChI is InChI=1S/C13H11BrN2O3S/c14-8-3-1-4-9(7-8)15-13(19)16-11(12(17)18)10-5-2-6-20-10/h1-7,11H,(H,17,18)(H2,15,16,19). The summed E-state index contributed by atoms with van der Waals surface area (Å²) in [7, 11) is 0. The molecule has 0 bridgehead atoms. The number of halogens is 1. The zero-order valence-corrected chi connectivity index (χ0v) is 12.6. The van der Waals surface area contributed by atoms with E-state index >= 15 is 0 Å². The molecule has 0 aliphatic rings. The summed E-state index contributed by atoms with van der Waals surface area (Å²) in [5, 5.41) is 15.9. The molecule has 0 saturated heterocycles. The number of anilines is 1. The maximum Gasteiger partial charge on any atom is 0.331 e. The van der Waals surface area contributed by atoms with Gasteiger partial charge in [-0.3, -0.25) is 0 Å². The maximum atomic E-state index is 11.8. The van der Waals surface area contributed by atoms with Gasteiger partial charge in [0, 0.05) is 15.0 Å². The van der Waals surface area contributed by atoms with Crippen molar-refractivity contribution in [2.45, 2.75) is 6.04 Å². The fourth-order valence-corrected chi connectivity index (χ4v) is 2.74. The number of urea groups is 1. The molecule has 2 rings (SSSR count). The molecule has 0 saturated carbocycles. The van der Waals surface area contributed by atoms with Crippen LogP contribution >= 0.6 is 27.3 Å². The highest BCUT2D eigenvalue weighted by Crippen LogP contribution is 2.20. The first-order valence-corrected chi connectivity index (χ1v) is 7.33. The van der Waals surface area contributed by atoms with Gasteiger partial charge in [0.25, 0.3) is 0 Å². The van der Waals surface area contributed by atoms with Gasteiger partial charge in [-0.05, 0) is 29.6 Å². The minimum Gasteiger partial charge on any atom is -0.479 e. The molecule has 0 fully saturated rings. The molecule has 5 nitrogen and oxygen atoms in total. The van der Waals surface area contributed by atoms with Crippen LogP contribution in [0.15, 0.2) is 46.3 Å². The molecular weight excluding hydrogens is 344 g/mol. The largest absolute Gasteiger partial charge is 0.479 e. The first-order chi connectivity index (χ1) is 9.56. The topological polar surface area (TPSA) is 78.4 Å². The Balaban J connectivity index is 2.04. The average molecular weight is 355 g/mol. The second-order valence-electron chi connectivity index (χ2n) is 3.90. The quantitative estimate of drug-likeness (QED) is 0.786. The van der Waals surface area contributed by atoms with Crippen LogP contribution in [0.1, 0.15) is 10.9 Å². The van der Waals surface area contributed by atoms with E-state index in [0.717, 1.165) is 4.47 Å². The van der Waals surface area contributed by atoms with Gasteiger partial charge in [0.05, 0.1) is 0 Å². The van der Waals surface area contributed by atoms with E-state index in [0.29, 0.717) is 10.6 Å². The van der Waals surface area contributed by atoms with Crippen molar-refractivity contribution in [3.63, 3.8) is 0 Å². The molecule has 7 heteroatoms. The predicted molar refractivity (Wildman–Crippen MR) is 81.0 cm³/mol. The monoisotopic (exact) mass is 354 g/mol. The number of rotatable bonds is 4. The summed E-state index contributed by atoms with van der Waals surface area (Å²) < 4.78 is 0.823. The molecule has 0 aliphatic heterocycles. The average Bonchev–Trinajstić information content (AvgIpc) is 2.89. The summed E-state index contributed by atoms with van der Waals surface area (Å²) in [6.45, 7) is 0. The van der Waals surface area contributed by atoms with Crippen LogP contribution in [-0.4, -0.2) is 17.1 Å². The highest BCUT2D eigenvalue weighted by atomic mass is 79.9. The van der Waals surface area contributed by atoms with Crippen LogP contribution in [0.4, 0.5) is 10.5 Å². The van der Waals surface area contributed by atoms with Crippen molar-refractivity contribution < 1.29 is 14.7 Å². The molecule has 0 aliphatic carbocycles. The lowest BCUT2D eigenvalue weighted by Gasteiger charge is -2.14. The van der Waals surface area contributed by atoms with Crippen molar-refractivity contribution in [3.8, 4) is 0 Å². The molecule has 2 amide bonds. The van der Waals surface area contributed by atoms with Crippen LogP contribution in [-0.2, 0) is 4.79 Å². The van der Waals surface area contributed by atoms with Crippen molar-refractivity contribution in [2.75, 3.05) is 5.32 Å². The third-order valence-electron chi connectivity index (χ3n) is 2.43. The fraction of sp³-hybridized carbons (Fsp3) is 0.0769. The molecule has 1 aromatic heterocycles. The Hall–Kier alpha value is -1.86. The van der Waals surface area contributed by atoms with Gasteiger partial charge < -0.3 is 15.7 Å². The molecule has 2 aromatic rings. The van der Waals surface area contributed by atoms with Gasteiger partial charge in [0.1, 0.15) is 0 Å². The van der Waals surface area contributed by atoms with Gasteiger partial charge in [0.2, 0.25) is 0 Å². The number of carboxylic acid groups (broad SMARTS) is 1. The lowest BCUT2D eigenvalue weighted by atomic mass is 10.2. The number of benzene rings is 1. The molecule has 1 unspecified atom stereocenters. The van der Waals surface area contributed by atoms with E-state index in [1.54, 1.807) is 35.7 Å². The van der Waals surface area contributed by atoms with Crippen LogP contribution < -0.4 is 10.6 Å². The summed E-state index contributed by atoms with van der Waals surface area (Å²) in [4.78, 5) is 23.6. The Kier molecular flexibility index (Phi) is 4.75. The van der Waals surface area contributed by atoms with E-state index in [1.807, 2.05) is 6.07 Å². The number of thiophene rings is 1. The highest BCUT2D eigenvalue weighted by Gasteiger charge is 2.22. The highest BCUT2D eigenvalue weighted by molar-refractivity contribution is 9.10. The number of hydrogen-bond acceptors (Lipinski definition) is 3. The molecule has 0 spiro atoms. The van der Waals surface area contributed by atoms with Crippen LogP contribution in [0, 0.1) is 0 Å². The molecular formula is C13H11BrN2O3S. The Morgan fingerprint density at radius 3 is 2.65 bits per heavy atom. The number of hydrogen-bond donors (Lipinski definition) is 3. The van der Waals surface area contributed by atoms with Crippen molar-refractivity contribution in [1.82, 2.24) is 5.32 Å². The Bertz CT molecular complexity index is 616. The van der Waals surface area contributed by atoms with Gasteiger partial charge in [0.15, 0.2) is 6.04 Å². The molecule has 1 aromatic carbocycles. The van der Waals surface area contributed by atoms with Crippen molar-refractivity contribution in [3.05, 3.63) is 51.1 Å². The van der Waals surface area contributed by atoms with Crippen molar-refractivity contribution in [2.24, 2.45) is 0 Å². The van der Waals surface area contributed by atoms with Crippen LogP contribution in [0.5, 0.6) is 0 Å². The summed E-state index contributed by atoms with van der Waals surface area (Å²) >= 11 is 4.57. The summed E-state index contributed by atoms with van der Waals surface area (Å²) in [5.74, 6) is -1.10. The fourth-order valence-electron chi connectivity index (χ4n) is 1.57. The van der Waals surface area contributed by atoms with Crippen molar-refractivity contribution >= 4 is 45.0 Å². The Labute approximate surface area is 127 Å². The van der Waals surface area contributed by atoms with Gasteiger partial charge in [-0.2, -0.15) is 0 Å². The Morgan fingerprint density at radius 1 is 1.25 bits per heavy atom. The maximum absolute atomic E-state index is 11.8. The summed E-state index contributed by atoms with van der Waals surface area (Å²) in [6.07, 6.45) is 0. The van der Waals surface area contributed by atoms with Gasteiger partial charge >= 0.3 is 12.0 Å². The number of nitrogens with one attached hydrogen (secondary N) is 2. The minimum atomic E-state index is -1.10.